The Bertz CT molecular complexity index is 1140. The van der Waals surface area contributed by atoms with Crippen molar-refractivity contribution in [3.63, 3.8) is 0 Å². The molecule has 0 unspecified atom stereocenters. The summed E-state index contributed by atoms with van der Waals surface area (Å²) >= 11 is 3.29. The van der Waals surface area contributed by atoms with Crippen molar-refractivity contribution in [3.05, 3.63) is 76.9 Å². The Kier molecular flexibility index (Phi) is 7.59. The molecule has 0 saturated heterocycles. The minimum Gasteiger partial charge on any atom is -0.451 e. The summed E-state index contributed by atoms with van der Waals surface area (Å²) in [5.41, 5.74) is 0.894. The van der Waals surface area contributed by atoms with Crippen molar-refractivity contribution in [2.24, 2.45) is 0 Å². The van der Waals surface area contributed by atoms with Crippen LogP contribution >= 0.6 is 15.9 Å². The standard InChI is InChI=1S/C24H24BrFN4O4/c1-30(23-22(12-27-14-28-23)34-21-8-7-16(26)9-18(21)25)19-10-17(11-20(19)31)29-24(32)33-13-15-5-3-2-4-6-15/h2-9,12,14,17,19-20,31H,10-11,13H2,1H3,(H,29,32)/t17-,19+,20-/m1/s1. The van der Waals surface area contributed by atoms with Gasteiger partial charge in [-0.05, 0) is 52.5 Å². The minimum atomic E-state index is -0.704. The van der Waals surface area contributed by atoms with Crippen molar-refractivity contribution < 1.29 is 23.8 Å². The molecule has 1 fully saturated rings. The molecule has 10 heteroatoms. The molecule has 1 aliphatic rings. The summed E-state index contributed by atoms with van der Waals surface area (Å²) in [6, 6.07) is 12.9. The molecule has 2 aromatic carbocycles. The summed E-state index contributed by atoms with van der Waals surface area (Å²) < 4.78 is 25.1. The number of aromatic nitrogens is 2. The van der Waals surface area contributed by atoms with Crippen molar-refractivity contribution in [1.82, 2.24) is 15.3 Å². The number of likely N-dealkylation sites (N-methyl/N-ethyl adjacent to an activating group) is 1. The van der Waals surface area contributed by atoms with E-state index < -0.39 is 18.0 Å². The molecule has 1 aromatic heterocycles. The number of rotatable bonds is 7. The van der Waals surface area contributed by atoms with Gasteiger partial charge in [0.05, 0.1) is 22.8 Å². The van der Waals surface area contributed by atoms with Crippen molar-refractivity contribution >= 4 is 27.8 Å². The second kappa shape index (κ2) is 10.8. The van der Waals surface area contributed by atoms with Crippen LogP contribution in [0, 0.1) is 5.82 Å². The molecule has 0 radical (unpaired) electrons. The van der Waals surface area contributed by atoms with Crippen molar-refractivity contribution in [3.8, 4) is 11.5 Å². The van der Waals surface area contributed by atoms with Gasteiger partial charge in [-0.1, -0.05) is 30.3 Å². The zero-order valence-electron chi connectivity index (χ0n) is 18.4. The number of ether oxygens (including phenoxy) is 2. The maximum Gasteiger partial charge on any atom is 0.407 e. The van der Waals surface area contributed by atoms with Crippen LogP contribution in [-0.4, -0.2) is 46.4 Å². The molecule has 1 heterocycles. The molecule has 3 atom stereocenters. The van der Waals surface area contributed by atoms with Crippen LogP contribution < -0.4 is 15.0 Å². The van der Waals surface area contributed by atoms with Crippen LogP contribution in [0.3, 0.4) is 0 Å². The molecule has 4 rings (SSSR count). The minimum absolute atomic E-state index is 0.172. The smallest absolute Gasteiger partial charge is 0.407 e. The van der Waals surface area contributed by atoms with Gasteiger partial charge in [0.2, 0.25) is 0 Å². The number of nitrogens with zero attached hydrogens (tertiary/aromatic N) is 3. The number of alkyl carbamates (subject to hydrolysis) is 1. The fraction of sp³-hybridized carbons (Fsp3) is 0.292. The van der Waals surface area contributed by atoms with Gasteiger partial charge in [-0.2, -0.15) is 0 Å². The lowest BCUT2D eigenvalue weighted by atomic mass is 10.2. The van der Waals surface area contributed by atoms with Gasteiger partial charge in [0, 0.05) is 13.1 Å². The highest BCUT2D eigenvalue weighted by Crippen LogP contribution is 2.36. The van der Waals surface area contributed by atoms with Crippen molar-refractivity contribution in [1.29, 1.82) is 0 Å². The van der Waals surface area contributed by atoms with Gasteiger partial charge in [0.25, 0.3) is 0 Å². The van der Waals surface area contributed by atoms with Crippen LogP contribution in [0.25, 0.3) is 0 Å². The van der Waals surface area contributed by atoms with Gasteiger partial charge in [-0.25, -0.2) is 19.2 Å². The van der Waals surface area contributed by atoms with Crippen LogP contribution in [0.4, 0.5) is 15.0 Å². The quantitative estimate of drug-likeness (QED) is 0.466. The van der Waals surface area contributed by atoms with Crippen molar-refractivity contribution in [2.75, 3.05) is 11.9 Å². The SMILES string of the molecule is CN(c1ncncc1Oc1ccc(F)cc1Br)[C@H]1C[C@@H](NC(=O)OCc2ccccc2)C[C@H]1O. The molecular weight excluding hydrogens is 507 g/mol. The second-order valence-electron chi connectivity index (χ2n) is 8.01. The highest BCUT2D eigenvalue weighted by molar-refractivity contribution is 9.10. The van der Waals surface area contributed by atoms with Gasteiger partial charge < -0.3 is 24.8 Å². The molecule has 0 bridgehead atoms. The van der Waals surface area contributed by atoms with Crippen LogP contribution in [0.15, 0.2) is 65.5 Å². The Hall–Kier alpha value is -3.24. The molecule has 2 N–H and O–H groups in total. The maximum atomic E-state index is 13.4. The highest BCUT2D eigenvalue weighted by atomic mass is 79.9. The fourth-order valence-corrected chi connectivity index (χ4v) is 4.37. The van der Waals surface area contributed by atoms with Crippen molar-refractivity contribution in [2.45, 2.75) is 37.6 Å². The van der Waals surface area contributed by atoms with E-state index >= 15 is 0 Å². The summed E-state index contributed by atoms with van der Waals surface area (Å²) in [5.74, 6) is 0.820. The predicted octanol–water partition coefficient (Wildman–Crippen LogP) is 4.43. The van der Waals surface area contributed by atoms with E-state index in [4.69, 9.17) is 9.47 Å². The fourth-order valence-electron chi connectivity index (χ4n) is 3.94. The number of anilines is 1. The molecular formula is C24H24BrFN4O4. The van der Waals surface area contributed by atoms with Gasteiger partial charge in [-0.3, -0.25) is 0 Å². The zero-order valence-corrected chi connectivity index (χ0v) is 20.0. The Balaban J connectivity index is 1.39. The van der Waals surface area contributed by atoms with Gasteiger partial charge in [-0.15, -0.1) is 0 Å². The normalized spacial score (nSPS) is 19.5. The molecule has 8 nitrogen and oxygen atoms in total. The monoisotopic (exact) mass is 530 g/mol. The molecule has 34 heavy (non-hydrogen) atoms. The average Bonchev–Trinajstić information content (AvgIpc) is 3.19. The Labute approximate surface area is 204 Å². The Morgan fingerprint density at radius 2 is 2.03 bits per heavy atom. The summed E-state index contributed by atoms with van der Waals surface area (Å²) in [6.45, 7) is 0.172. The van der Waals surface area contributed by atoms with E-state index in [1.807, 2.05) is 30.3 Å². The molecule has 1 aliphatic carbocycles. The van der Waals surface area contributed by atoms with Gasteiger partial charge in [0.15, 0.2) is 11.6 Å². The summed E-state index contributed by atoms with van der Waals surface area (Å²) in [5, 5.41) is 13.5. The third kappa shape index (κ3) is 5.81. The molecule has 1 amide bonds. The number of hydrogen-bond acceptors (Lipinski definition) is 7. The third-order valence-corrected chi connectivity index (χ3v) is 6.25. The number of benzene rings is 2. The first kappa shape index (κ1) is 23.9. The zero-order chi connectivity index (χ0) is 24.1. The first-order valence-electron chi connectivity index (χ1n) is 10.7. The van der Waals surface area contributed by atoms with E-state index in [-0.39, 0.29) is 18.7 Å². The Morgan fingerprint density at radius 1 is 1.24 bits per heavy atom. The topological polar surface area (TPSA) is 96.8 Å². The second-order valence-corrected chi connectivity index (χ2v) is 8.86. The third-order valence-electron chi connectivity index (χ3n) is 5.64. The number of amides is 1. The molecule has 0 spiro atoms. The van der Waals surface area contributed by atoms with E-state index in [1.54, 1.807) is 11.9 Å². The molecule has 178 valence electrons. The van der Waals surface area contributed by atoms with E-state index in [0.717, 1.165) is 5.56 Å². The predicted molar refractivity (Wildman–Crippen MR) is 127 cm³/mol. The summed E-state index contributed by atoms with van der Waals surface area (Å²) in [4.78, 5) is 22.4. The number of aliphatic hydroxyl groups is 1. The number of aliphatic hydroxyl groups excluding tert-OH is 1. The lowest BCUT2D eigenvalue weighted by molar-refractivity contribution is 0.133. The molecule has 0 aliphatic heterocycles. The maximum absolute atomic E-state index is 13.4. The van der Waals surface area contributed by atoms with Crippen LogP contribution in [0.2, 0.25) is 0 Å². The number of nitrogens with one attached hydrogen (secondary N) is 1. The lowest BCUT2D eigenvalue weighted by Gasteiger charge is -2.29. The molecule has 3 aromatic rings. The summed E-state index contributed by atoms with van der Waals surface area (Å²) in [7, 11) is 1.79. The van der Waals surface area contributed by atoms with Crippen LogP contribution in [0.1, 0.15) is 18.4 Å². The summed E-state index contributed by atoms with van der Waals surface area (Å²) in [6.07, 6.45) is 2.52. The molecule has 1 saturated carbocycles. The lowest BCUT2D eigenvalue weighted by Crippen LogP contribution is -2.39. The van der Waals surface area contributed by atoms with E-state index in [9.17, 15) is 14.3 Å². The number of hydrogen-bond donors (Lipinski definition) is 2. The number of carbonyl (C=O) groups is 1. The average molecular weight is 531 g/mol. The van der Waals surface area contributed by atoms with E-state index in [0.29, 0.717) is 34.6 Å². The van der Waals surface area contributed by atoms with Gasteiger partial charge >= 0.3 is 6.09 Å². The number of halogens is 2. The first-order chi connectivity index (χ1) is 16.4. The van der Waals surface area contributed by atoms with Crippen LogP contribution in [-0.2, 0) is 11.3 Å². The largest absolute Gasteiger partial charge is 0.451 e. The number of carbonyl (C=O) groups excluding carboxylic acids is 1. The first-order valence-corrected chi connectivity index (χ1v) is 11.5. The van der Waals surface area contributed by atoms with Crippen LogP contribution in [0.5, 0.6) is 11.5 Å². The highest BCUT2D eigenvalue weighted by Gasteiger charge is 2.38. The Morgan fingerprint density at radius 3 is 2.79 bits per heavy atom. The van der Waals surface area contributed by atoms with Gasteiger partial charge in [0.1, 0.15) is 24.5 Å². The van der Waals surface area contributed by atoms with E-state index in [1.165, 1.54) is 30.7 Å². The van der Waals surface area contributed by atoms with E-state index in [2.05, 4.69) is 31.2 Å².